The highest BCUT2D eigenvalue weighted by Crippen LogP contribution is 2.35. The molecule has 0 aliphatic heterocycles. The fourth-order valence-electron chi connectivity index (χ4n) is 1.06. The van der Waals surface area contributed by atoms with Gasteiger partial charge in [-0.15, -0.1) is 16.9 Å². The second-order valence-electron chi connectivity index (χ2n) is 5.88. The van der Waals surface area contributed by atoms with Gasteiger partial charge >= 0.3 is 0 Å². The molecule has 0 saturated carbocycles. The van der Waals surface area contributed by atoms with Gasteiger partial charge in [0.2, 0.25) is 0 Å². The lowest BCUT2D eigenvalue weighted by molar-refractivity contribution is 0.100. The molecule has 0 spiro atoms. The molecule has 4 N–H and O–H groups in total. The van der Waals surface area contributed by atoms with E-state index < -0.39 is 14.0 Å². The van der Waals surface area contributed by atoms with Crippen LogP contribution in [0.25, 0.3) is 0 Å². The van der Waals surface area contributed by atoms with Crippen LogP contribution in [-0.4, -0.2) is 14.0 Å². The van der Waals surface area contributed by atoms with Gasteiger partial charge in [-0.2, -0.15) is 0 Å². The minimum absolute atomic E-state index is 0.218. The zero-order valence-corrected chi connectivity index (χ0v) is 13.4. The van der Waals surface area contributed by atoms with Crippen LogP contribution < -0.4 is 11.5 Å². The van der Waals surface area contributed by atoms with Crippen molar-refractivity contribution in [2.75, 3.05) is 5.73 Å². The lowest BCUT2D eigenvalue weighted by Gasteiger charge is -2.31. The van der Waals surface area contributed by atoms with E-state index in [1.807, 2.05) is 0 Å². The Labute approximate surface area is 114 Å². The molecule has 0 unspecified atom stereocenters. The molecule has 0 atom stereocenters. The van der Waals surface area contributed by atoms with Crippen molar-refractivity contribution < 1.29 is 4.79 Å². The number of nitrogen functional groups attached to an aromatic ring is 1. The van der Waals surface area contributed by atoms with Crippen molar-refractivity contribution in [2.24, 2.45) is 5.73 Å². The summed E-state index contributed by atoms with van der Waals surface area (Å²) in [5.41, 5.74) is 14.7. The van der Waals surface area contributed by atoms with E-state index in [2.05, 4.69) is 45.3 Å². The van der Waals surface area contributed by atoms with Gasteiger partial charge < -0.3 is 11.5 Å². The summed E-state index contributed by atoms with van der Waals surface area (Å²) in [4.78, 5) is 11.9. The number of carbonyl (C=O) groups excluding carboxylic acids is 1. The van der Waals surface area contributed by atoms with Gasteiger partial charge in [-0.3, -0.25) is 4.79 Å². The SMILES string of the molecule is CC(C)(C)[Si](C)(C)C#Cc1cc(C(N)=O)c(N)s1. The van der Waals surface area contributed by atoms with Crippen molar-refractivity contribution in [3.05, 3.63) is 16.5 Å². The summed E-state index contributed by atoms with van der Waals surface area (Å²) in [6.45, 7) is 11.1. The Morgan fingerprint density at radius 2 is 1.94 bits per heavy atom. The second kappa shape index (κ2) is 4.79. The maximum absolute atomic E-state index is 11.1. The summed E-state index contributed by atoms with van der Waals surface area (Å²) in [6, 6.07) is 1.68. The van der Waals surface area contributed by atoms with Crippen LogP contribution in [0.1, 0.15) is 36.0 Å². The lowest BCUT2D eigenvalue weighted by atomic mass is 10.2. The molecule has 18 heavy (non-hydrogen) atoms. The number of carbonyl (C=O) groups is 1. The third kappa shape index (κ3) is 3.15. The third-order valence-electron chi connectivity index (χ3n) is 3.40. The molecule has 1 amide bonds. The summed E-state index contributed by atoms with van der Waals surface area (Å²) in [5, 5.41) is 0.664. The highest BCUT2D eigenvalue weighted by molar-refractivity contribution is 7.16. The Morgan fingerprint density at radius 1 is 1.39 bits per heavy atom. The molecule has 1 rings (SSSR count). The molecule has 0 aromatic carbocycles. The van der Waals surface area contributed by atoms with E-state index in [-0.39, 0.29) is 5.04 Å². The first-order valence-electron chi connectivity index (χ1n) is 5.77. The lowest BCUT2D eigenvalue weighted by Crippen LogP contribution is -2.35. The molecule has 3 nitrogen and oxygen atoms in total. The molecule has 0 saturated heterocycles. The number of hydrogen-bond acceptors (Lipinski definition) is 3. The van der Waals surface area contributed by atoms with Crippen LogP contribution in [0, 0.1) is 11.5 Å². The molecule has 5 heteroatoms. The van der Waals surface area contributed by atoms with Gasteiger partial charge in [0, 0.05) is 0 Å². The second-order valence-corrected chi connectivity index (χ2v) is 12.0. The number of anilines is 1. The fraction of sp³-hybridized carbons (Fsp3) is 0.462. The number of primary amides is 1. The molecule has 0 aliphatic rings. The van der Waals surface area contributed by atoms with Gasteiger partial charge in [0.1, 0.15) is 8.07 Å². The van der Waals surface area contributed by atoms with Crippen LogP contribution in [0.2, 0.25) is 18.1 Å². The Hall–Kier alpha value is -1.25. The number of hydrogen-bond donors (Lipinski definition) is 2. The fourth-order valence-corrected chi connectivity index (χ4v) is 2.76. The zero-order valence-electron chi connectivity index (χ0n) is 11.5. The summed E-state index contributed by atoms with van der Waals surface area (Å²) in [6.07, 6.45) is 0. The highest BCUT2D eigenvalue weighted by atomic mass is 32.1. The average molecular weight is 280 g/mol. The van der Waals surface area contributed by atoms with E-state index >= 15 is 0 Å². The number of amides is 1. The minimum Gasteiger partial charge on any atom is -0.390 e. The average Bonchev–Trinajstić information content (AvgIpc) is 2.55. The largest absolute Gasteiger partial charge is 0.390 e. The van der Waals surface area contributed by atoms with Crippen molar-refractivity contribution in [2.45, 2.75) is 38.9 Å². The highest BCUT2D eigenvalue weighted by Gasteiger charge is 2.33. The number of thiophene rings is 1. The van der Waals surface area contributed by atoms with Crippen LogP contribution >= 0.6 is 11.3 Å². The van der Waals surface area contributed by atoms with Crippen LogP contribution in [0.4, 0.5) is 5.00 Å². The van der Waals surface area contributed by atoms with E-state index in [1.54, 1.807) is 6.07 Å². The van der Waals surface area contributed by atoms with Crippen LogP contribution in [0.3, 0.4) is 0 Å². The van der Waals surface area contributed by atoms with Gasteiger partial charge in [-0.1, -0.05) is 39.8 Å². The molecule has 1 aromatic heterocycles. The normalized spacial score (nSPS) is 11.8. The standard InChI is InChI=1S/C13H20N2OSSi/c1-13(2,3)18(4,5)7-6-9-8-10(11(14)16)12(15)17-9/h8H,15H2,1-5H3,(H2,14,16). The molecule has 0 bridgehead atoms. The Morgan fingerprint density at radius 3 is 2.33 bits per heavy atom. The summed E-state index contributed by atoms with van der Waals surface area (Å²) in [5.74, 6) is 2.65. The summed E-state index contributed by atoms with van der Waals surface area (Å²) >= 11 is 1.32. The van der Waals surface area contributed by atoms with Gasteiger partial charge in [0.25, 0.3) is 5.91 Å². The molecular weight excluding hydrogens is 260 g/mol. The molecule has 0 aliphatic carbocycles. The number of rotatable bonds is 1. The smallest absolute Gasteiger partial charge is 0.251 e. The Kier molecular flexibility index (Phi) is 3.94. The Bertz CT molecular complexity index is 529. The maximum atomic E-state index is 11.1. The first-order valence-corrected chi connectivity index (χ1v) is 9.58. The van der Waals surface area contributed by atoms with E-state index in [9.17, 15) is 4.79 Å². The topological polar surface area (TPSA) is 69.1 Å². The maximum Gasteiger partial charge on any atom is 0.251 e. The van der Waals surface area contributed by atoms with E-state index in [0.717, 1.165) is 4.88 Å². The zero-order chi connectivity index (χ0) is 14.1. The molecule has 1 aromatic rings. The molecular formula is C13H20N2OSSi. The first kappa shape index (κ1) is 14.8. The predicted octanol–water partition coefficient (Wildman–Crippen LogP) is 2.83. The van der Waals surface area contributed by atoms with Crippen LogP contribution in [0.15, 0.2) is 6.07 Å². The quantitative estimate of drug-likeness (QED) is 0.613. The third-order valence-corrected chi connectivity index (χ3v) is 8.78. The first-order chi connectivity index (χ1) is 8.04. The molecule has 0 radical (unpaired) electrons. The van der Waals surface area contributed by atoms with Gasteiger partial charge in [0.15, 0.2) is 0 Å². The molecule has 1 heterocycles. The van der Waals surface area contributed by atoms with Crippen molar-refractivity contribution in [3.63, 3.8) is 0 Å². The van der Waals surface area contributed by atoms with Crippen molar-refractivity contribution >= 4 is 30.3 Å². The van der Waals surface area contributed by atoms with Crippen molar-refractivity contribution in [1.29, 1.82) is 0 Å². The van der Waals surface area contributed by atoms with Crippen LogP contribution in [-0.2, 0) is 0 Å². The Balaban J connectivity index is 3.07. The van der Waals surface area contributed by atoms with Gasteiger partial charge in [0.05, 0.1) is 15.4 Å². The molecule has 98 valence electrons. The summed E-state index contributed by atoms with van der Waals surface area (Å²) < 4.78 is 0. The molecule has 0 fully saturated rings. The van der Waals surface area contributed by atoms with E-state index in [1.165, 1.54) is 11.3 Å². The van der Waals surface area contributed by atoms with Crippen molar-refractivity contribution in [1.82, 2.24) is 0 Å². The van der Waals surface area contributed by atoms with Crippen LogP contribution in [0.5, 0.6) is 0 Å². The predicted molar refractivity (Wildman–Crippen MR) is 81.3 cm³/mol. The van der Waals surface area contributed by atoms with Gasteiger partial charge in [-0.25, -0.2) is 0 Å². The van der Waals surface area contributed by atoms with E-state index in [0.29, 0.717) is 10.6 Å². The van der Waals surface area contributed by atoms with Gasteiger partial charge in [-0.05, 0) is 11.1 Å². The van der Waals surface area contributed by atoms with Crippen molar-refractivity contribution in [3.8, 4) is 11.5 Å². The van der Waals surface area contributed by atoms with E-state index in [4.69, 9.17) is 11.5 Å². The minimum atomic E-state index is -1.63. The monoisotopic (exact) mass is 280 g/mol. The number of nitrogens with two attached hydrogens (primary N) is 2. The summed E-state index contributed by atoms with van der Waals surface area (Å²) in [7, 11) is -1.63.